The summed E-state index contributed by atoms with van der Waals surface area (Å²) in [6.45, 7) is 9.38. The number of hydrogen-bond donors (Lipinski definition) is 0. The Balaban J connectivity index is 2.76. The third-order valence-electron chi connectivity index (χ3n) is 3.70. The first-order valence-corrected chi connectivity index (χ1v) is 7.66. The minimum atomic E-state index is -0.374. The maximum atomic E-state index is 12.5. The molecule has 0 bridgehead atoms. The van der Waals surface area contributed by atoms with Crippen molar-refractivity contribution in [3.05, 3.63) is 24.2 Å². The molecule has 1 unspecified atom stereocenters. The topological polar surface area (TPSA) is 63.0 Å². The van der Waals surface area contributed by atoms with Gasteiger partial charge in [-0.05, 0) is 25.2 Å². The van der Waals surface area contributed by atoms with Gasteiger partial charge in [-0.2, -0.15) is 0 Å². The maximum Gasteiger partial charge on any atom is 0.310 e. The van der Waals surface area contributed by atoms with Crippen molar-refractivity contribution in [2.24, 2.45) is 5.92 Å². The monoisotopic (exact) mass is 310 g/mol. The molecule has 1 rings (SSSR count). The molecule has 0 aliphatic heterocycles. The number of carbonyl (C=O) groups excluding carboxylic acids is 2. The Morgan fingerprint density at radius 3 is 2.45 bits per heavy atom. The van der Waals surface area contributed by atoms with E-state index in [1.54, 1.807) is 24.0 Å². The third kappa shape index (κ3) is 5.18. The van der Waals surface area contributed by atoms with Gasteiger partial charge in [0, 0.05) is 19.6 Å². The largest absolute Gasteiger partial charge is 0.469 e. The second-order valence-electron chi connectivity index (χ2n) is 5.18. The molecule has 1 aromatic heterocycles. The molecular formula is C16H26N2O4. The SMILES string of the molecule is CCN(CC)CCN(CC(C)C(=O)OC)C(=O)c1ccco1. The molecule has 0 saturated carbocycles. The van der Waals surface area contributed by atoms with E-state index in [-0.39, 0.29) is 23.6 Å². The number of esters is 1. The van der Waals surface area contributed by atoms with Crippen molar-refractivity contribution >= 4 is 11.9 Å². The average Bonchev–Trinajstić information content (AvgIpc) is 3.07. The van der Waals surface area contributed by atoms with Gasteiger partial charge in [-0.1, -0.05) is 20.8 Å². The molecule has 1 atom stereocenters. The molecule has 0 aromatic carbocycles. The second kappa shape index (κ2) is 9.25. The lowest BCUT2D eigenvalue weighted by atomic mass is 10.1. The normalized spacial score (nSPS) is 12.2. The standard InChI is InChI=1S/C16H26N2O4/c1-5-17(6-2)9-10-18(12-13(3)16(20)21-4)15(19)14-8-7-11-22-14/h7-8,11,13H,5-6,9-10,12H2,1-4H3. The number of amides is 1. The molecule has 6 nitrogen and oxygen atoms in total. The number of carbonyl (C=O) groups is 2. The van der Waals surface area contributed by atoms with Crippen molar-refractivity contribution in [2.75, 3.05) is 39.8 Å². The molecule has 124 valence electrons. The van der Waals surface area contributed by atoms with E-state index < -0.39 is 0 Å². The summed E-state index contributed by atoms with van der Waals surface area (Å²) in [6.07, 6.45) is 1.47. The Morgan fingerprint density at radius 1 is 1.27 bits per heavy atom. The summed E-state index contributed by atoms with van der Waals surface area (Å²) < 4.78 is 9.92. The van der Waals surface area contributed by atoms with Crippen molar-refractivity contribution in [2.45, 2.75) is 20.8 Å². The molecule has 0 aliphatic rings. The van der Waals surface area contributed by atoms with Crippen molar-refractivity contribution in [1.29, 1.82) is 0 Å². The Hall–Kier alpha value is -1.82. The number of nitrogens with zero attached hydrogens (tertiary/aromatic N) is 2. The van der Waals surface area contributed by atoms with E-state index >= 15 is 0 Å². The number of ether oxygens (including phenoxy) is 1. The lowest BCUT2D eigenvalue weighted by molar-refractivity contribution is -0.145. The van der Waals surface area contributed by atoms with Crippen molar-refractivity contribution in [3.63, 3.8) is 0 Å². The molecule has 6 heteroatoms. The van der Waals surface area contributed by atoms with Crippen molar-refractivity contribution in [1.82, 2.24) is 9.80 Å². The fraction of sp³-hybridized carbons (Fsp3) is 0.625. The first-order chi connectivity index (χ1) is 10.5. The average molecular weight is 310 g/mol. The summed E-state index contributed by atoms with van der Waals surface area (Å²) in [5.74, 6) is -0.606. The zero-order chi connectivity index (χ0) is 16.5. The van der Waals surface area contributed by atoms with E-state index in [0.29, 0.717) is 13.1 Å². The van der Waals surface area contributed by atoms with Gasteiger partial charge in [-0.15, -0.1) is 0 Å². The fourth-order valence-electron chi connectivity index (χ4n) is 2.24. The molecule has 1 heterocycles. The van der Waals surface area contributed by atoms with Gasteiger partial charge in [0.15, 0.2) is 5.76 Å². The number of furan rings is 1. The molecule has 0 spiro atoms. The van der Waals surface area contributed by atoms with Crippen LogP contribution in [0.25, 0.3) is 0 Å². The van der Waals surface area contributed by atoms with Gasteiger partial charge >= 0.3 is 5.97 Å². The predicted molar refractivity (Wildman–Crippen MR) is 83.6 cm³/mol. The highest BCUT2D eigenvalue weighted by Crippen LogP contribution is 2.10. The van der Waals surface area contributed by atoms with E-state index in [1.165, 1.54) is 13.4 Å². The zero-order valence-electron chi connectivity index (χ0n) is 13.9. The van der Waals surface area contributed by atoms with E-state index in [4.69, 9.17) is 9.15 Å². The molecule has 0 saturated heterocycles. The molecule has 0 radical (unpaired) electrons. The van der Waals surface area contributed by atoms with Gasteiger partial charge in [0.2, 0.25) is 0 Å². The van der Waals surface area contributed by atoms with Crippen molar-refractivity contribution < 1.29 is 18.7 Å². The van der Waals surface area contributed by atoms with Crippen LogP contribution in [0.1, 0.15) is 31.3 Å². The second-order valence-corrected chi connectivity index (χ2v) is 5.18. The Labute approximate surface area is 132 Å². The third-order valence-corrected chi connectivity index (χ3v) is 3.70. The summed E-state index contributed by atoms with van der Waals surface area (Å²) >= 11 is 0. The highest BCUT2D eigenvalue weighted by molar-refractivity contribution is 5.91. The summed E-state index contributed by atoms with van der Waals surface area (Å²) in [5.41, 5.74) is 0. The molecule has 0 fully saturated rings. The fourth-order valence-corrected chi connectivity index (χ4v) is 2.24. The number of methoxy groups -OCH3 is 1. The van der Waals surface area contributed by atoms with Crippen LogP contribution in [0.2, 0.25) is 0 Å². The van der Waals surface area contributed by atoms with Crippen LogP contribution in [0.4, 0.5) is 0 Å². The first kappa shape index (κ1) is 18.2. The molecule has 0 aliphatic carbocycles. The highest BCUT2D eigenvalue weighted by Gasteiger charge is 2.24. The van der Waals surface area contributed by atoms with Crippen LogP contribution >= 0.6 is 0 Å². The van der Waals surface area contributed by atoms with Crippen LogP contribution in [-0.2, 0) is 9.53 Å². The van der Waals surface area contributed by atoms with Gasteiger partial charge in [-0.3, -0.25) is 9.59 Å². The van der Waals surface area contributed by atoms with Gasteiger partial charge in [0.05, 0.1) is 19.3 Å². The van der Waals surface area contributed by atoms with E-state index in [1.807, 2.05) is 0 Å². The van der Waals surface area contributed by atoms with E-state index in [9.17, 15) is 9.59 Å². The summed E-state index contributed by atoms with van der Waals surface area (Å²) in [7, 11) is 1.35. The molecule has 1 aromatic rings. The Kier molecular flexibility index (Phi) is 7.66. The Bertz CT molecular complexity index is 455. The number of rotatable bonds is 9. The van der Waals surface area contributed by atoms with E-state index in [0.717, 1.165) is 19.6 Å². The maximum absolute atomic E-state index is 12.5. The van der Waals surface area contributed by atoms with Gasteiger partial charge in [-0.25, -0.2) is 0 Å². The van der Waals surface area contributed by atoms with Gasteiger partial charge in [0.1, 0.15) is 0 Å². The smallest absolute Gasteiger partial charge is 0.310 e. The lowest BCUT2D eigenvalue weighted by Gasteiger charge is -2.27. The molecular weight excluding hydrogens is 284 g/mol. The molecule has 1 amide bonds. The molecule has 22 heavy (non-hydrogen) atoms. The van der Waals surface area contributed by atoms with Crippen LogP contribution in [0.3, 0.4) is 0 Å². The first-order valence-electron chi connectivity index (χ1n) is 7.66. The highest BCUT2D eigenvalue weighted by atomic mass is 16.5. The zero-order valence-corrected chi connectivity index (χ0v) is 13.9. The van der Waals surface area contributed by atoms with Crippen LogP contribution < -0.4 is 0 Å². The van der Waals surface area contributed by atoms with Crippen LogP contribution in [-0.4, -0.2) is 61.5 Å². The minimum Gasteiger partial charge on any atom is -0.469 e. The predicted octanol–water partition coefficient (Wildman–Crippen LogP) is 1.87. The summed E-state index contributed by atoms with van der Waals surface area (Å²) in [6, 6.07) is 3.31. The van der Waals surface area contributed by atoms with Crippen LogP contribution in [0, 0.1) is 5.92 Å². The van der Waals surface area contributed by atoms with E-state index in [2.05, 4.69) is 18.7 Å². The van der Waals surface area contributed by atoms with Crippen LogP contribution in [0.5, 0.6) is 0 Å². The quantitative estimate of drug-likeness (QED) is 0.652. The number of hydrogen-bond acceptors (Lipinski definition) is 5. The van der Waals surface area contributed by atoms with Crippen LogP contribution in [0.15, 0.2) is 22.8 Å². The molecule has 0 N–H and O–H groups in total. The minimum absolute atomic E-state index is 0.201. The van der Waals surface area contributed by atoms with Gasteiger partial charge < -0.3 is 19.0 Å². The Morgan fingerprint density at radius 2 is 1.95 bits per heavy atom. The summed E-state index contributed by atoms with van der Waals surface area (Å²) in [5, 5.41) is 0. The lowest BCUT2D eigenvalue weighted by Crippen LogP contribution is -2.42. The number of likely N-dealkylation sites (N-methyl/N-ethyl adjacent to an activating group) is 1. The van der Waals surface area contributed by atoms with Crippen molar-refractivity contribution in [3.8, 4) is 0 Å². The van der Waals surface area contributed by atoms with Gasteiger partial charge in [0.25, 0.3) is 5.91 Å². The summed E-state index contributed by atoms with van der Waals surface area (Å²) in [4.78, 5) is 28.0.